The quantitative estimate of drug-likeness (QED) is 0.0349. The summed E-state index contributed by atoms with van der Waals surface area (Å²) >= 11 is 0. The van der Waals surface area contributed by atoms with Crippen LogP contribution >= 0.6 is 0 Å². The van der Waals surface area contributed by atoms with E-state index in [0.29, 0.717) is 19.4 Å². The Bertz CT molecular complexity index is 1090. The molecule has 0 aliphatic rings. The topological polar surface area (TPSA) is 61.8 Å². The number of allylic oxidation sites excluding steroid dienone is 14. The highest BCUT2D eigenvalue weighted by molar-refractivity contribution is 5.70. The molecule has 0 spiro atoms. The summed E-state index contributed by atoms with van der Waals surface area (Å²) in [7, 11) is 0. The van der Waals surface area contributed by atoms with Gasteiger partial charge in [-0.15, -0.1) is 0 Å². The molecule has 0 fully saturated rings. The first-order valence-electron chi connectivity index (χ1n) is 24.1. The average molecular weight is 807 g/mol. The van der Waals surface area contributed by atoms with E-state index in [-0.39, 0.29) is 25.2 Å². The summed E-state index contributed by atoms with van der Waals surface area (Å²) < 4.78 is 17.2. The third-order valence-corrected chi connectivity index (χ3v) is 9.93. The lowest BCUT2D eigenvalue weighted by molar-refractivity contribution is -0.163. The molecule has 0 saturated heterocycles. The molecule has 0 aliphatic heterocycles. The third-order valence-electron chi connectivity index (χ3n) is 9.93. The maximum absolute atomic E-state index is 12.6. The van der Waals surface area contributed by atoms with Crippen LogP contribution in [0.4, 0.5) is 0 Å². The molecule has 332 valence electrons. The number of esters is 2. The van der Waals surface area contributed by atoms with E-state index in [1.54, 1.807) is 0 Å². The summed E-state index contributed by atoms with van der Waals surface area (Å²) in [6, 6.07) is 0. The molecule has 0 heterocycles. The fourth-order valence-corrected chi connectivity index (χ4v) is 6.40. The molecule has 1 atom stereocenters. The number of carbonyl (C=O) groups excluding carboxylic acids is 2. The van der Waals surface area contributed by atoms with Gasteiger partial charge in [0.15, 0.2) is 6.10 Å². The predicted octanol–water partition coefficient (Wildman–Crippen LogP) is 16.1. The molecule has 1 unspecified atom stereocenters. The van der Waals surface area contributed by atoms with Crippen molar-refractivity contribution in [3.8, 4) is 0 Å². The van der Waals surface area contributed by atoms with Gasteiger partial charge < -0.3 is 14.2 Å². The summed E-state index contributed by atoms with van der Waals surface area (Å²) in [5.74, 6) is -0.433. The minimum atomic E-state index is -0.545. The number of ether oxygens (including phenoxy) is 3. The standard InChI is InChI=1S/C53H90O5/c1-4-7-10-13-15-17-19-21-23-25-27-28-30-32-34-36-38-41-43-46-52(54)57-50-51(58-53(55)47-44-40-12-9-6-3)49-56-48-45-42-39-37-35-33-31-29-26-24-22-20-18-16-14-11-8-5-2/h7-8,10-11,15-18,21-24,27-28,51H,4-6,9,12-14,19-20,25-26,29-50H2,1-3H3/b10-7-,11-8-,17-15-,18-16-,23-21-,24-22-,28-27-. The number of rotatable bonds is 43. The van der Waals surface area contributed by atoms with Crippen LogP contribution in [0.5, 0.6) is 0 Å². The van der Waals surface area contributed by atoms with Crippen LogP contribution in [0.3, 0.4) is 0 Å². The Morgan fingerprint density at radius 3 is 1.24 bits per heavy atom. The van der Waals surface area contributed by atoms with Crippen molar-refractivity contribution in [2.75, 3.05) is 19.8 Å². The fourth-order valence-electron chi connectivity index (χ4n) is 6.40. The van der Waals surface area contributed by atoms with E-state index in [1.165, 1.54) is 77.0 Å². The van der Waals surface area contributed by atoms with Gasteiger partial charge >= 0.3 is 11.9 Å². The minimum Gasteiger partial charge on any atom is -0.462 e. The SMILES string of the molecule is CC/C=C\C/C=C\C/C=C\C/C=C\CCCCCCCCC(=O)OCC(COCCCCCCCCCC/C=C\C/C=C\C/C=C\CC)OC(=O)CCCCCCC. The van der Waals surface area contributed by atoms with Crippen molar-refractivity contribution in [1.82, 2.24) is 0 Å². The van der Waals surface area contributed by atoms with Crippen molar-refractivity contribution in [3.05, 3.63) is 85.1 Å². The number of carbonyl (C=O) groups is 2. The van der Waals surface area contributed by atoms with Gasteiger partial charge in [0.05, 0.1) is 6.61 Å². The van der Waals surface area contributed by atoms with Gasteiger partial charge in [0, 0.05) is 19.4 Å². The number of unbranched alkanes of at least 4 members (excludes halogenated alkanes) is 18. The Balaban J connectivity index is 4.08. The van der Waals surface area contributed by atoms with Gasteiger partial charge in [-0.3, -0.25) is 9.59 Å². The van der Waals surface area contributed by atoms with Crippen molar-refractivity contribution in [2.45, 2.75) is 219 Å². The van der Waals surface area contributed by atoms with Crippen molar-refractivity contribution < 1.29 is 23.8 Å². The van der Waals surface area contributed by atoms with E-state index in [2.05, 4.69) is 106 Å². The van der Waals surface area contributed by atoms with Crippen LogP contribution in [0.1, 0.15) is 213 Å². The fraction of sp³-hybridized carbons (Fsp3) is 0.698. The first-order chi connectivity index (χ1) is 28.6. The molecule has 0 N–H and O–H groups in total. The minimum absolute atomic E-state index is 0.0709. The lowest BCUT2D eigenvalue weighted by atomic mass is 10.1. The molecular weight excluding hydrogens is 717 g/mol. The smallest absolute Gasteiger partial charge is 0.306 e. The van der Waals surface area contributed by atoms with Gasteiger partial charge in [0.1, 0.15) is 6.61 Å². The van der Waals surface area contributed by atoms with Crippen LogP contribution < -0.4 is 0 Å². The average Bonchev–Trinajstić information content (AvgIpc) is 3.22. The summed E-state index contributed by atoms with van der Waals surface area (Å²) in [5, 5.41) is 0. The molecular formula is C53H90O5. The molecule has 0 rings (SSSR count). The van der Waals surface area contributed by atoms with Crippen LogP contribution in [0.25, 0.3) is 0 Å². The summed E-state index contributed by atoms with van der Waals surface area (Å²) in [4.78, 5) is 25.1. The highest BCUT2D eigenvalue weighted by Gasteiger charge is 2.17. The molecule has 0 radical (unpaired) electrons. The second kappa shape index (κ2) is 48.4. The molecule has 0 amide bonds. The van der Waals surface area contributed by atoms with Gasteiger partial charge in [-0.2, -0.15) is 0 Å². The summed E-state index contributed by atoms with van der Waals surface area (Å²) in [6.07, 6.45) is 63.3. The molecule has 58 heavy (non-hydrogen) atoms. The summed E-state index contributed by atoms with van der Waals surface area (Å²) in [6.45, 7) is 7.50. The van der Waals surface area contributed by atoms with Crippen molar-refractivity contribution in [2.24, 2.45) is 0 Å². The zero-order valence-corrected chi connectivity index (χ0v) is 38.0. The Morgan fingerprint density at radius 2 is 0.776 bits per heavy atom. The molecule has 0 aromatic carbocycles. The van der Waals surface area contributed by atoms with Gasteiger partial charge in [0.2, 0.25) is 0 Å². The van der Waals surface area contributed by atoms with E-state index >= 15 is 0 Å². The van der Waals surface area contributed by atoms with E-state index in [4.69, 9.17) is 14.2 Å². The van der Waals surface area contributed by atoms with Crippen molar-refractivity contribution >= 4 is 11.9 Å². The first kappa shape index (κ1) is 55.1. The summed E-state index contributed by atoms with van der Waals surface area (Å²) in [5.41, 5.74) is 0. The Labute approximate surface area is 359 Å². The molecule has 0 bridgehead atoms. The van der Waals surface area contributed by atoms with Crippen molar-refractivity contribution in [3.63, 3.8) is 0 Å². The third kappa shape index (κ3) is 45.8. The largest absolute Gasteiger partial charge is 0.462 e. The molecule has 0 aromatic heterocycles. The monoisotopic (exact) mass is 807 g/mol. The lowest BCUT2D eigenvalue weighted by Gasteiger charge is -2.18. The molecule has 0 saturated carbocycles. The highest BCUT2D eigenvalue weighted by Crippen LogP contribution is 2.13. The van der Waals surface area contributed by atoms with Gasteiger partial charge in [-0.1, -0.05) is 196 Å². The zero-order chi connectivity index (χ0) is 42.1. The highest BCUT2D eigenvalue weighted by atomic mass is 16.6. The molecule has 5 nitrogen and oxygen atoms in total. The number of hydrogen-bond acceptors (Lipinski definition) is 5. The molecule has 0 aliphatic carbocycles. The Morgan fingerprint density at radius 1 is 0.397 bits per heavy atom. The van der Waals surface area contributed by atoms with E-state index < -0.39 is 6.10 Å². The van der Waals surface area contributed by atoms with E-state index in [9.17, 15) is 9.59 Å². The maximum Gasteiger partial charge on any atom is 0.306 e. The second-order valence-corrected chi connectivity index (χ2v) is 15.6. The first-order valence-corrected chi connectivity index (χ1v) is 24.1. The molecule has 5 heteroatoms. The van der Waals surface area contributed by atoms with Crippen LogP contribution in [0.15, 0.2) is 85.1 Å². The zero-order valence-electron chi connectivity index (χ0n) is 38.0. The van der Waals surface area contributed by atoms with Crippen LogP contribution in [-0.4, -0.2) is 37.9 Å². The predicted molar refractivity (Wildman–Crippen MR) is 251 cm³/mol. The van der Waals surface area contributed by atoms with Gasteiger partial charge in [0.25, 0.3) is 0 Å². The molecule has 0 aromatic rings. The lowest BCUT2D eigenvalue weighted by Crippen LogP contribution is -2.30. The Hall–Kier alpha value is -2.92. The maximum atomic E-state index is 12.6. The van der Waals surface area contributed by atoms with Crippen LogP contribution in [0, 0.1) is 0 Å². The van der Waals surface area contributed by atoms with Gasteiger partial charge in [-0.25, -0.2) is 0 Å². The Kier molecular flexibility index (Phi) is 46.0. The van der Waals surface area contributed by atoms with Gasteiger partial charge in [-0.05, 0) is 89.9 Å². The van der Waals surface area contributed by atoms with E-state index in [1.807, 2.05) is 0 Å². The van der Waals surface area contributed by atoms with E-state index in [0.717, 1.165) is 103 Å². The number of hydrogen-bond donors (Lipinski definition) is 0. The van der Waals surface area contributed by atoms with Crippen molar-refractivity contribution in [1.29, 1.82) is 0 Å². The van der Waals surface area contributed by atoms with Crippen LogP contribution in [0.2, 0.25) is 0 Å². The second-order valence-electron chi connectivity index (χ2n) is 15.6. The normalized spacial score (nSPS) is 12.9. The van der Waals surface area contributed by atoms with Crippen LogP contribution in [-0.2, 0) is 23.8 Å².